The van der Waals surface area contributed by atoms with Crippen LogP contribution in [0.15, 0.2) is 69.8 Å². The van der Waals surface area contributed by atoms with Crippen LogP contribution in [0.4, 0.5) is 11.5 Å². The Bertz CT molecular complexity index is 1370. The number of aromatic nitrogens is 2. The first kappa shape index (κ1) is 24.0. The van der Waals surface area contributed by atoms with Gasteiger partial charge in [-0.25, -0.2) is 9.78 Å². The fourth-order valence-electron chi connectivity index (χ4n) is 3.84. The SMILES string of the molecule is CCOC(=O)C1=C(C)Nc2nc(SCc3ccc([N+](=O)[O-])cc3)[nH]c(=O)c2C1c1ccc(O)cc1. The minimum atomic E-state index is -0.740. The molecule has 180 valence electrons. The van der Waals surface area contributed by atoms with Crippen LogP contribution in [0.3, 0.4) is 0 Å². The van der Waals surface area contributed by atoms with Gasteiger partial charge in [0, 0.05) is 23.6 Å². The number of hydrogen-bond donors (Lipinski definition) is 3. The van der Waals surface area contributed by atoms with Gasteiger partial charge in [0.2, 0.25) is 0 Å². The second-order valence-electron chi connectivity index (χ2n) is 7.75. The molecule has 1 aromatic heterocycles. The molecule has 0 aliphatic carbocycles. The minimum Gasteiger partial charge on any atom is -0.508 e. The van der Waals surface area contributed by atoms with Crippen LogP contribution >= 0.6 is 11.8 Å². The first-order valence-electron chi connectivity index (χ1n) is 10.7. The molecular formula is C24H22N4O6S. The van der Waals surface area contributed by atoms with Crippen molar-refractivity contribution >= 4 is 29.2 Å². The lowest BCUT2D eigenvalue weighted by Crippen LogP contribution is -2.31. The number of carbonyl (C=O) groups is 1. The molecule has 1 aliphatic heterocycles. The van der Waals surface area contributed by atoms with E-state index in [1.165, 1.54) is 36.0 Å². The zero-order valence-electron chi connectivity index (χ0n) is 18.9. The third-order valence-corrected chi connectivity index (χ3v) is 6.41. The number of nitro benzene ring substituents is 1. The lowest BCUT2D eigenvalue weighted by molar-refractivity contribution is -0.384. The van der Waals surface area contributed by atoms with Crippen LogP contribution in [-0.2, 0) is 15.3 Å². The van der Waals surface area contributed by atoms with E-state index in [4.69, 9.17) is 4.74 Å². The van der Waals surface area contributed by atoms with Crippen molar-refractivity contribution in [3.05, 3.63) is 97.0 Å². The van der Waals surface area contributed by atoms with Crippen molar-refractivity contribution in [1.29, 1.82) is 0 Å². The number of allylic oxidation sites excluding steroid dienone is 1. The van der Waals surface area contributed by atoms with Gasteiger partial charge in [0.1, 0.15) is 11.6 Å². The topological polar surface area (TPSA) is 147 Å². The smallest absolute Gasteiger partial charge is 0.336 e. The van der Waals surface area contributed by atoms with Gasteiger partial charge in [-0.05, 0) is 37.1 Å². The van der Waals surface area contributed by atoms with E-state index in [2.05, 4.69) is 15.3 Å². The zero-order chi connectivity index (χ0) is 25.1. The van der Waals surface area contributed by atoms with Crippen LogP contribution in [0.5, 0.6) is 5.75 Å². The number of carbonyl (C=O) groups excluding carboxylic acids is 1. The first-order valence-corrected chi connectivity index (χ1v) is 11.7. The van der Waals surface area contributed by atoms with E-state index >= 15 is 0 Å². The van der Waals surface area contributed by atoms with Gasteiger partial charge < -0.3 is 20.1 Å². The Morgan fingerprint density at radius 3 is 2.51 bits per heavy atom. The van der Waals surface area contributed by atoms with Crippen LogP contribution < -0.4 is 10.9 Å². The number of ether oxygens (including phenoxy) is 1. The summed E-state index contributed by atoms with van der Waals surface area (Å²) >= 11 is 1.27. The number of phenols is 1. The lowest BCUT2D eigenvalue weighted by Gasteiger charge is -2.28. The van der Waals surface area contributed by atoms with Gasteiger partial charge >= 0.3 is 5.97 Å². The number of esters is 1. The highest BCUT2D eigenvalue weighted by atomic mass is 32.2. The van der Waals surface area contributed by atoms with E-state index < -0.39 is 22.4 Å². The summed E-state index contributed by atoms with van der Waals surface area (Å²) in [5.41, 5.74) is 2.12. The van der Waals surface area contributed by atoms with Gasteiger partial charge in [-0.2, -0.15) is 0 Å². The number of benzene rings is 2. The van der Waals surface area contributed by atoms with E-state index in [1.807, 2.05) is 0 Å². The Morgan fingerprint density at radius 1 is 1.20 bits per heavy atom. The third kappa shape index (κ3) is 5.04. The Hall–Kier alpha value is -4.12. The lowest BCUT2D eigenvalue weighted by atomic mass is 9.82. The largest absolute Gasteiger partial charge is 0.508 e. The molecule has 2 aromatic carbocycles. The fraction of sp³-hybridized carbons (Fsp3) is 0.208. The Morgan fingerprint density at radius 2 is 1.89 bits per heavy atom. The van der Waals surface area contributed by atoms with Crippen LogP contribution in [0.2, 0.25) is 0 Å². The monoisotopic (exact) mass is 494 g/mol. The number of fused-ring (bicyclic) bond motifs is 1. The molecule has 0 fully saturated rings. The number of aromatic amines is 1. The number of rotatable bonds is 7. The van der Waals surface area contributed by atoms with E-state index in [0.717, 1.165) is 5.56 Å². The van der Waals surface area contributed by atoms with Gasteiger partial charge in [-0.15, -0.1) is 0 Å². The number of anilines is 1. The summed E-state index contributed by atoms with van der Waals surface area (Å²) < 4.78 is 5.25. The van der Waals surface area contributed by atoms with Crippen molar-refractivity contribution < 1.29 is 19.6 Å². The third-order valence-electron chi connectivity index (χ3n) is 5.47. The van der Waals surface area contributed by atoms with Gasteiger partial charge in [0.25, 0.3) is 11.2 Å². The van der Waals surface area contributed by atoms with Gasteiger partial charge in [0.05, 0.1) is 28.6 Å². The number of nitrogens with one attached hydrogen (secondary N) is 2. The number of phenolic OH excluding ortho intramolecular Hbond substituents is 1. The van der Waals surface area contributed by atoms with Crippen molar-refractivity contribution in [2.75, 3.05) is 11.9 Å². The molecule has 1 atom stereocenters. The summed E-state index contributed by atoms with van der Waals surface area (Å²) in [5.74, 6) is -0.465. The molecule has 1 unspecified atom stereocenters. The van der Waals surface area contributed by atoms with E-state index in [0.29, 0.717) is 33.6 Å². The summed E-state index contributed by atoms with van der Waals surface area (Å²) in [4.78, 5) is 43.8. The predicted molar refractivity (Wildman–Crippen MR) is 130 cm³/mol. The number of aromatic hydroxyl groups is 1. The predicted octanol–water partition coefficient (Wildman–Crippen LogP) is 4.07. The molecule has 0 radical (unpaired) electrons. The van der Waals surface area contributed by atoms with Crippen molar-refractivity contribution in [3.8, 4) is 5.75 Å². The van der Waals surface area contributed by atoms with Crippen molar-refractivity contribution in [3.63, 3.8) is 0 Å². The molecule has 2 heterocycles. The first-order chi connectivity index (χ1) is 16.8. The van der Waals surface area contributed by atoms with E-state index in [9.17, 15) is 24.8 Å². The summed E-state index contributed by atoms with van der Waals surface area (Å²) in [6.07, 6.45) is 0. The number of nitrogens with zero attached hydrogens (tertiary/aromatic N) is 2. The molecule has 0 spiro atoms. The molecule has 10 nitrogen and oxygen atoms in total. The van der Waals surface area contributed by atoms with Gasteiger partial charge in [-0.1, -0.05) is 36.0 Å². The maximum absolute atomic E-state index is 13.3. The molecule has 4 rings (SSSR count). The highest BCUT2D eigenvalue weighted by molar-refractivity contribution is 7.98. The average Bonchev–Trinajstić information content (AvgIpc) is 2.82. The summed E-state index contributed by atoms with van der Waals surface area (Å²) in [6.45, 7) is 3.60. The van der Waals surface area contributed by atoms with Crippen LogP contribution in [0, 0.1) is 10.1 Å². The molecule has 3 N–H and O–H groups in total. The second-order valence-corrected chi connectivity index (χ2v) is 8.72. The number of H-pyrrole nitrogens is 1. The average molecular weight is 495 g/mol. The molecule has 3 aromatic rings. The Balaban J connectivity index is 1.69. The highest BCUT2D eigenvalue weighted by Gasteiger charge is 2.36. The maximum atomic E-state index is 13.3. The minimum absolute atomic E-state index is 0.00296. The second kappa shape index (κ2) is 10.0. The van der Waals surface area contributed by atoms with Crippen LogP contribution in [0.1, 0.15) is 36.5 Å². The molecule has 0 saturated heterocycles. The molecule has 1 aliphatic rings. The van der Waals surface area contributed by atoms with Gasteiger partial charge in [0.15, 0.2) is 5.16 Å². The highest BCUT2D eigenvalue weighted by Crippen LogP contribution is 2.40. The molecular weight excluding hydrogens is 472 g/mol. The standard InChI is InChI=1S/C24H22N4O6S/c1-3-34-23(31)18-13(2)25-21-20(19(18)15-6-10-17(29)11-7-15)22(30)27-24(26-21)35-12-14-4-8-16(9-5-14)28(32)33/h4-11,19,29H,3,12H2,1-2H3,(H2,25,26,27,30). The normalized spacial score (nSPS) is 14.7. The van der Waals surface area contributed by atoms with Crippen LogP contribution in [0.25, 0.3) is 0 Å². The number of nitro groups is 1. The summed E-state index contributed by atoms with van der Waals surface area (Å²) in [6, 6.07) is 12.4. The molecule has 0 saturated carbocycles. The number of non-ortho nitro benzene ring substituents is 1. The van der Waals surface area contributed by atoms with Crippen molar-refractivity contribution in [1.82, 2.24) is 9.97 Å². The summed E-state index contributed by atoms with van der Waals surface area (Å²) in [7, 11) is 0. The zero-order valence-corrected chi connectivity index (χ0v) is 19.7. The van der Waals surface area contributed by atoms with E-state index in [1.54, 1.807) is 38.1 Å². The number of hydrogen-bond acceptors (Lipinski definition) is 9. The Kier molecular flexibility index (Phi) is 6.87. The quantitative estimate of drug-likeness (QED) is 0.145. The van der Waals surface area contributed by atoms with Gasteiger partial charge in [-0.3, -0.25) is 14.9 Å². The molecule has 35 heavy (non-hydrogen) atoms. The van der Waals surface area contributed by atoms with E-state index in [-0.39, 0.29) is 23.6 Å². The molecule has 0 bridgehead atoms. The molecule has 11 heteroatoms. The van der Waals surface area contributed by atoms with Crippen molar-refractivity contribution in [2.24, 2.45) is 0 Å². The fourth-order valence-corrected chi connectivity index (χ4v) is 4.66. The Labute approximate surface area is 204 Å². The summed E-state index contributed by atoms with van der Waals surface area (Å²) in [5, 5.41) is 24.0. The number of thioether (sulfide) groups is 1. The maximum Gasteiger partial charge on any atom is 0.336 e. The molecule has 0 amide bonds. The van der Waals surface area contributed by atoms with Crippen molar-refractivity contribution in [2.45, 2.75) is 30.7 Å². The van der Waals surface area contributed by atoms with Crippen LogP contribution in [-0.4, -0.2) is 32.6 Å².